The maximum absolute atomic E-state index is 11.9. The summed E-state index contributed by atoms with van der Waals surface area (Å²) < 4.78 is 5.10. The van der Waals surface area contributed by atoms with Gasteiger partial charge in [0, 0.05) is 23.6 Å². The van der Waals surface area contributed by atoms with Crippen molar-refractivity contribution < 1.29 is 9.53 Å². The molecule has 5 heteroatoms. The normalized spacial score (nSPS) is 10.2. The highest BCUT2D eigenvalue weighted by Gasteiger charge is 2.12. The molecule has 1 aromatic carbocycles. The molecule has 1 heterocycles. The van der Waals surface area contributed by atoms with Gasteiger partial charge in [-0.2, -0.15) is 0 Å². The van der Waals surface area contributed by atoms with E-state index in [1.807, 2.05) is 13.0 Å². The van der Waals surface area contributed by atoms with Gasteiger partial charge in [0.15, 0.2) is 0 Å². The number of nitrogens with two attached hydrogens (primary N) is 1. The molecule has 0 radical (unpaired) electrons. The van der Waals surface area contributed by atoms with Crippen LogP contribution in [0, 0.1) is 0 Å². The van der Waals surface area contributed by atoms with E-state index in [1.165, 1.54) is 6.33 Å². The van der Waals surface area contributed by atoms with Gasteiger partial charge in [-0.15, -0.1) is 0 Å². The fourth-order valence-corrected chi connectivity index (χ4v) is 1.63. The Balaban J connectivity index is 2.32. The molecule has 5 nitrogen and oxygen atoms in total. The average molecular weight is 257 g/mol. The Morgan fingerprint density at radius 2 is 2.00 bits per heavy atom. The largest absolute Gasteiger partial charge is 0.462 e. The molecule has 19 heavy (non-hydrogen) atoms. The summed E-state index contributed by atoms with van der Waals surface area (Å²) in [7, 11) is 0. The standard InChI is InChI=1S/C14H15N3O2/c1-2-5-19-14(18)12-6-10(3-4-13(12)15)11-7-16-9-17-8-11/h3-4,6-9H,2,5,15H2,1H3. The molecule has 0 amide bonds. The van der Waals surface area contributed by atoms with Gasteiger partial charge in [0.25, 0.3) is 0 Å². The second kappa shape index (κ2) is 5.95. The van der Waals surface area contributed by atoms with Crippen molar-refractivity contribution in [3.63, 3.8) is 0 Å². The van der Waals surface area contributed by atoms with Crippen LogP contribution in [0.15, 0.2) is 36.9 Å². The molecule has 0 aliphatic rings. The number of hydrogen-bond donors (Lipinski definition) is 1. The lowest BCUT2D eigenvalue weighted by molar-refractivity contribution is 0.0506. The zero-order valence-corrected chi connectivity index (χ0v) is 10.7. The number of carbonyl (C=O) groups is 1. The highest BCUT2D eigenvalue weighted by Crippen LogP contribution is 2.23. The smallest absolute Gasteiger partial charge is 0.340 e. The first-order chi connectivity index (χ1) is 9.22. The van der Waals surface area contributed by atoms with E-state index in [-0.39, 0.29) is 0 Å². The van der Waals surface area contributed by atoms with Gasteiger partial charge in [0.1, 0.15) is 6.33 Å². The predicted molar refractivity (Wildman–Crippen MR) is 72.5 cm³/mol. The highest BCUT2D eigenvalue weighted by atomic mass is 16.5. The third kappa shape index (κ3) is 3.07. The number of aromatic nitrogens is 2. The fraction of sp³-hybridized carbons (Fsp3) is 0.214. The van der Waals surface area contributed by atoms with Crippen LogP contribution in [-0.4, -0.2) is 22.5 Å². The molecule has 1 aromatic heterocycles. The lowest BCUT2D eigenvalue weighted by Crippen LogP contribution is -2.09. The van der Waals surface area contributed by atoms with Gasteiger partial charge in [-0.25, -0.2) is 14.8 Å². The van der Waals surface area contributed by atoms with Crippen LogP contribution in [0.1, 0.15) is 23.7 Å². The van der Waals surface area contributed by atoms with E-state index < -0.39 is 5.97 Å². The Kier molecular flexibility index (Phi) is 4.07. The van der Waals surface area contributed by atoms with E-state index >= 15 is 0 Å². The number of carbonyl (C=O) groups excluding carboxylic acids is 1. The number of anilines is 1. The lowest BCUT2D eigenvalue weighted by atomic mass is 10.0. The summed E-state index contributed by atoms with van der Waals surface area (Å²) in [5.74, 6) is -0.405. The van der Waals surface area contributed by atoms with Gasteiger partial charge in [-0.1, -0.05) is 13.0 Å². The van der Waals surface area contributed by atoms with E-state index in [9.17, 15) is 4.79 Å². The van der Waals surface area contributed by atoms with Crippen LogP contribution < -0.4 is 5.73 Å². The van der Waals surface area contributed by atoms with E-state index in [1.54, 1.807) is 24.5 Å². The Morgan fingerprint density at radius 3 is 2.68 bits per heavy atom. The molecular weight excluding hydrogens is 242 g/mol. The van der Waals surface area contributed by atoms with Crippen LogP contribution in [0.25, 0.3) is 11.1 Å². The maximum atomic E-state index is 11.9. The summed E-state index contributed by atoms with van der Waals surface area (Å²) in [5.41, 5.74) is 8.24. The number of nitrogens with zero attached hydrogens (tertiary/aromatic N) is 2. The number of rotatable bonds is 4. The number of nitrogen functional groups attached to an aromatic ring is 1. The maximum Gasteiger partial charge on any atom is 0.340 e. The van der Waals surface area contributed by atoms with Crippen LogP contribution in [-0.2, 0) is 4.74 Å². The van der Waals surface area contributed by atoms with E-state index in [2.05, 4.69) is 9.97 Å². The fourth-order valence-electron chi connectivity index (χ4n) is 1.63. The Hall–Kier alpha value is -2.43. The second-order valence-electron chi connectivity index (χ2n) is 4.07. The van der Waals surface area contributed by atoms with Crippen LogP contribution >= 0.6 is 0 Å². The van der Waals surface area contributed by atoms with Crippen LogP contribution in [0.2, 0.25) is 0 Å². The minimum Gasteiger partial charge on any atom is -0.462 e. The van der Waals surface area contributed by atoms with Crippen molar-refractivity contribution in [1.29, 1.82) is 0 Å². The van der Waals surface area contributed by atoms with Crippen molar-refractivity contribution in [1.82, 2.24) is 9.97 Å². The molecule has 2 N–H and O–H groups in total. The van der Waals surface area contributed by atoms with E-state index in [4.69, 9.17) is 10.5 Å². The van der Waals surface area contributed by atoms with Gasteiger partial charge in [-0.3, -0.25) is 0 Å². The molecule has 0 atom stereocenters. The number of ether oxygens (including phenoxy) is 1. The second-order valence-corrected chi connectivity index (χ2v) is 4.07. The third-order valence-electron chi connectivity index (χ3n) is 2.60. The molecular formula is C14H15N3O2. The minimum atomic E-state index is -0.405. The van der Waals surface area contributed by atoms with Crippen molar-refractivity contribution in [2.75, 3.05) is 12.3 Å². The molecule has 0 fully saturated rings. The topological polar surface area (TPSA) is 78.1 Å². The molecule has 0 spiro atoms. The third-order valence-corrected chi connectivity index (χ3v) is 2.60. The monoisotopic (exact) mass is 257 g/mol. The Labute approximate surface area is 111 Å². The Bertz CT molecular complexity index is 570. The quantitative estimate of drug-likeness (QED) is 0.671. The van der Waals surface area contributed by atoms with Gasteiger partial charge < -0.3 is 10.5 Å². The number of hydrogen-bond acceptors (Lipinski definition) is 5. The molecule has 0 saturated heterocycles. The molecule has 98 valence electrons. The predicted octanol–water partition coefficient (Wildman–Crippen LogP) is 2.29. The first kappa shape index (κ1) is 13.0. The molecule has 2 rings (SSSR count). The molecule has 0 unspecified atom stereocenters. The molecule has 2 aromatic rings. The Morgan fingerprint density at radius 1 is 1.26 bits per heavy atom. The van der Waals surface area contributed by atoms with Crippen LogP contribution in [0.4, 0.5) is 5.69 Å². The summed E-state index contributed by atoms with van der Waals surface area (Å²) in [6.07, 6.45) is 5.59. The van der Waals surface area contributed by atoms with Gasteiger partial charge in [-0.05, 0) is 24.1 Å². The zero-order valence-electron chi connectivity index (χ0n) is 10.7. The first-order valence-electron chi connectivity index (χ1n) is 6.04. The van der Waals surface area contributed by atoms with Crippen molar-refractivity contribution in [2.24, 2.45) is 0 Å². The average Bonchev–Trinajstić information content (AvgIpc) is 2.46. The lowest BCUT2D eigenvalue weighted by Gasteiger charge is -2.08. The summed E-state index contributed by atoms with van der Waals surface area (Å²) >= 11 is 0. The van der Waals surface area contributed by atoms with Crippen LogP contribution in [0.5, 0.6) is 0 Å². The van der Waals surface area contributed by atoms with Crippen molar-refractivity contribution in [2.45, 2.75) is 13.3 Å². The summed E-state index contributed by atoms with van der Waals surface area (Å²) in [5, 5.41) is 0. The minimum absolute atomic E-state index is 0.370. The van der Waals surface area contributed by atoms with Gasteiger partial charge in [0.2, 0.25) is 0 Å². The van der Waals surface area contributed by atoms with Crippen LogP contribution in [0.3, 0.4) is 0 Å². The van der Waals surface area contributed by atoms with Crippen molar-refractivity contribution in [3.05, 3.63) is 42.5 Å². The highest BCUT2D eigenvalue weighted by molar-refractivity contribution is 5.96. The zero-order chi connectivity index (χ0) is 13.7. The number of benzene rings is 1. The van der Waals surface area contributed by atoms with Gasteiger partial charge >= 0.3 is 5.97 Å². The van der Waals surface area contributed by atoms with Gasteiger partial charge in [0.05, 0.1) is 12.2 Å². The number of esters is 1. The van der Waals surface area contributed by atoms with E-state index in [0.29, 0.717) is 17.9 Å². The van der Waals surface area contributed by atoms with Crippen molar-refractivity contribution in [3.8, 4) is 11.1 Å². The summed E-state index contributed by atoms with van der Waals surface area (Å²) in [4.78, 5) is 19.8. The molecule has 0 aliphatic heterocycles. The summed E-state index contributed by atoms with van der Waals surface area (Å²) in [6.45, 7) is 2.32. The first-order valence-corrected chi connectivity index (χ1v) is 6.04. The molecule has 0 aliphatic carbocycles. The summed E-state index contributed by atoms with van der Waals surface area (Å²) in [6, 6.07) is 5.21. The molecule has 0 bridgehead atoms. The van der Waals surface area contributed by atoms with Crippen molar-refractivity contribution >= 4 is 11.7 Å². The SMILES string of the molecule is CCCOC(=O)c1cc(-c2cncnc2)ccc1N. The molecule has 0 saturated carbocycles. The van der Waals surface area contributed by atoms with E-state index in [0.717, 1.165) is 17.5 Å².